The molecule has 0 spiro atoms. The van der Waals surface area contributed by atoms with Crippen LogP contribution in [0.5, 0.6) is 0 Å². The SMILES string of the molecule is CCN(C)C(C(=O)NCc1cccc(NC(=O)Cn2cccn2)c1)c1ccccc1. The molecular weight excluding hydrogens is 378 g/mol. The van der Waals surface area contributed by atoms with Crippen molar-refractivity contribution in [3.63, 3.8) is 0 Å². The molecule has 0 aliphatic rings. The quantitative estimate of drug-likeness (QED) is 0.574. The number of hydrogen-bond acceptors (Lipinski definition) is 4. The first-order valence-electron chi connectivity index (χ1n) is 9.96. The van der Waals surface area contributed by atoms with Crippen molar-refractivity contribution in [1.29, 1.82) is 0 Å². The van der Waals surface area contributed by atoms with Gasteiger partial charge in [0.05, 0.1) is 0 Å². The van der Waals surface area contributed by atoms with Crippen molar-refractivity contribution in [2.75, 3.05) is 18.9 Å². The van der Waals surface area contributed by atoms with E-state index in [-0.39, 0.29) is 24.4 Å². The van der Waals surface area contributed by atoms with E-state index in [9.17, 15) is 9.59 Å². The van der Waals surface area contributed by atoms with E-state index in [0.29, 0.717) is 12.2 Å². The van der Waals surface area contributed by atoms with Crippen LogP contribution in [0.3, 0.4) is 0 Å². The van der Waals surface area contributed by atoms with E-state index in [1.54, 1.807) is 23.1 Å². The monoisotopic (exact) mass is 405 g/mol. The summed E-state index contributed by atoms with van der Waals surface area (Å²) < 4.78 is 1.56. The first-order chi connectivity index (χ1) is 14.6. The molecule has 0 bridgehead atoms. The van der Waals surface area contributed by atoms with E-state index in [2.05, 4.69) is 15.7 Å². The Morgan fingerprint density at radius 3 is 2.60 bits per heavy atom. The zero-order chi connectivity index (χ0) is 21.3. The van der Waals surface area contributed by atoms with Gasteiger partial charge in [0.15, 0.2) is 0 Å². The number of anilines is 1. The molecule has 1 atom stereocenters. The molecule has 0 radical (unpaired) electrons. The molecule has 2 N–H and O–H groups in total. The van der Waals surface area contributed by atoms with E-state index < -0.39 is 0 Å². The molecule has 156 valence electrons. The van der Waals surface area contributed by atoms with Gasteiger partial charge in [0.1, 0.15) is 12.6 Å². The van der Waals surface area contributed by atoms with E-state index in [1.807, 2.05) is 73.5 Å². The van der Waals surface area contributed by atoms with Gasteiger partial charge in [-0.25, -0.2) is 0 Å². The second-order valence-corrected chi connectivity index (χ2v) is 7.06. The molecule has 1 heterocycles. The van der Waals surface area contributed by atoms with Gasteiger partial charge in [-0.15, -0.1) is 0 Å². The molecule has 30 heavy (non-hydrogen) atoms. The van der Waals surface area contributed by atoms with Crippen molar-refractivity contribution < 1.29 is 9.59 Å². The lowest BCUT2D eigenvalue weighted by Crippen LogP contribution is -2.38. The average molecular weight is 406 g/mol. The largest absolute Gasteiger partial charge is 0.350 e. The minimum absolute atomic E-state index is 0.0568. The number of amides is 2. The summed E-state index contributed by atoms with van der Waals surface area (Å²) in [6, 6.07) is 18.6. The molecule has 0 aliphatic carbocycles. The Hall–Kier alpha value is -3.45. The molecule has 0 saturated heterocycles. The summed E-state index contributed by atoms with van der Waals surface area (Å²) >= 11 is 0. The summed E-state index contributed by atoms with van der Waals surface area (Å²) in [6.45, 7) is 3.31. The molecule has 0 fully saturated rings. The number of hydrogen-bond donors (Lipinski definition) is 2. The van der Waals surface area contributed by atoms with E-state index in [0.717, 1.165) is 17.7 Å². The second-order valence-electron chi connectivity index (χ2n) is 7.06. The van der Waals surface area contributed by atoms with Crippen LogP contribution in [-0.4, -0.2) is 40.1 Å². The Bertz CT molecular complexity index is 957. The lowest BCUT2D eigenvalue weighted by molar-refractivity contribution is -0.126. The van der Waals surface area contributed by atoms with Gasteiger partial charge in [0.2, 0.25) is 11.8 Å². The smallest absolute Gasteiger partial charge is 0.246 e. The van der Waals surface area contributed by atoms with Crippen LogP contribution in [0.1, 0.15) is 24.1 Å². The van der Waals surface area contributed by atoms with Crippen LogP contribution in [0.25, 0.3) is 0 Å². The Labute approximate surface area is 176 Å². The summed E-state index contributed by atoms with van der Waals surface area (Å²) in [4.78, 5) is 27.1. The van der Waals surface area contributed by atoms with Gasteiger partial charge in [-0.1, -0.05) is 49.4 Å². The fourth-order valence-corrected chi connectivity index (χ4v) is 3.21. The first kappa shape index (κ1) is 21.3. The average Bonchev–Trinajstić information content (AvgIpc) is 3.26. The molecule has 0 saturated carbocycles. The molecule has 0 aliphatic heterocycles. The van der Waals surface area contributed by atoms with E-state index in [1.165, 1.54) is 0 Å². The number of benzene rings is 2. The zero-order valence-corrected chi connectivity index (χ0v) is 17.3. The highest BCUT2D eigenvalue weighted by Crippen LogP contribution is 2.19. The van der Waals surface area contributed by atoms with Gasteiger partial charge >= 0.3 is 0 Å². The number of rotatable bonds is 9. The molecule has 3 aromatic rings. The molecule has 3 rings (SSSR count). The molecule has 2 amide bonds. The van der Waals surface area contributed by atoms with Crippen molar-refractivity contribution >= 4 is 17.5 Å². The second kappa shape index (κ2) is 10.4. The van der Waals surface area contributed by atoms with Crippen LogP contribution in [0, 0.1) is 0 Å². The minimum atomic E-state index is -0.354. The number of aromatic nitrogens is 2. The van der Waals surface area contributed by atoms with Crippen molar-refractivity contribution in [3.05, 3.63) is 84.2 Å². The topological polar surface area (TPSA) is 79.3 Å². The Balaban J connectivity index is 1.61. The fraction of sp³-hybridized carbons (Fsp3) is 0.261. The van der Waals surface area contributed by atoms with E-state index >= 15 is 0 Å². The van der Waals surface area contributed by atoms with Crippen LogP contribution < -0.4 is 10.6 Å². The number of carbonyl (C=O) groups excluding carboxylic acids is 2. The first-order valence-corrected chi connectivity index (χ1v) is 9.96. The summed E-state index contributed by atoms with van der Waals surface area (Å²) in [7, 11) is 1.94. The number of likely N-dealkylation sites (N-methyl/N-ethyl adjacent to an activating group) is 1. The maximum Gasteiger partial charge on any atom is 0.246 e. The third-order valence-electron chi connectivity index (χ3n) is 4.85. The third kappa shape index (κ3) is 5.78. The third-order valence-corrected chi connectivity index (χ3v) is 4.85. The highest BCUT2D eigenvalue weighted by molar-refractivity contribution is 5.90. The Kier molecular flexibility index (Phi) is 7.34. The molecular formula is C23H27N5O2. The van der Waals surface area contributed by atoms with Crippen molar-refractivity contribution in [2.45, 2.75) is 26.1 Å². The maximum atomic E-state index is 12.9. The van der Waals surface area contributed by atoms with Gasteiger partial charge in [0.25, 0.3) is 0 Å². The Morgan fingerprint density at radius 2 is 1.90 bits per heavy atom. The van der Waals surface area contributed by atoms with Crippen molar-refractivity contribution in [1.82, 2.24) is 20.0 Å². The summed E-state index contributed by atoms with van der Waals surface area (Å²) in [5.74, 6) is -0.215. The fourth-order valence-electron chi connectivity index (χ4n) is 3.21. The summed E-state index contributed by atoms with van der Waals surface area (Å²) in [5, 5.41) is 9.92. The van der Waals surface area contributed by atoms with Gasteiger partial charge in [0, 0.05) is 24.6 Å². The molecule has 1 unspecified atom stereocenters. The lowest BCUT2D eigenvalue weighted by atomic mass is 10.0. The Morgan fingerprint density at radius 1 is 1.10 bits per heavy atom. The number of nitrogens with zero attached hydrogens (tertiary/aromatic N) is 3. The van der Waals surface area contributed by atoms with Crippen LogP contribution in [0.4, 0.5) is 5.69 Å². The van der Waals surface area contributed by atoms with Crippen LogP contribution in [-0.2, 0) is 22.7 Å². The highest BCUT2D eigenvalue weighted by Gasteiger charge is 2.23. The van der Waals surface area contributed by atoms with Crippen LogP contribution in [0.2, 0.25) is 0 Å². The van der Waals surface area contributed by atoms with Crippen LogP contribution >= 0.6 is 0 Å². The summed E-state index contributed by atoms with van der Waals surface area (Å²) in [6.07, 6.45) is 3.37. The van der Waals surface area contributed by atoms with Gasteiger partial charge < -0.3 is 10.6 Å². The highest BCUT2D eigenvalue weighted by atomic mass is 16.2. The molecule has 1 aromatic heterocycles. The normalized spacial score (nSPS) is 11.8. The molecule has 7 heteroatoms. The van der Waals surface area contributed by atoms with Gasteiger partial charge in [-0.2, -0.15) is 5.10 Å². The standard InChI is InChI=1S/C23H27N5O2/c1-3-27(2)22(19-10-5-4-6-11-19)23(30)24-16-18-9-7-12-20(15-18)26-21(29)17-28-14-8-13-25-28/h4-15,22H,3,16-17H2,1-2H3,(H,24,30)(H,26,29). The van der Waals surface area contributed by atoms with Crippen molar-refractivity contribution in [2.24, 2.45) is 0 Å². The van der Waals surface area contributed by atoms with Crippen molar-refractivity contribution in [3.8, 4) is 0 Å². The number of carbonyl (C=O) groups is 2. The zero-order valence-electron chi connectivity index (χ0n) is 17.3. The minimum Gasteiger partial charge on any atom is -0.350 e. The molecule has 7 nitrogen and oxygen atoms in total. The predicted molar refractivity (Wildman–Crippen MR) is 117 cm³/mol. The lowest BCUT2D eigenvalue weighted by Gasteiger charge is -2.26. The van der Waals surface area contributed by atoms with Crippen LogP contribution in [0.15, 0.2) is 73.1 Å². The summed E-state index contributed by atoms with van der Waals surface area (Å²) in [5.41, 5.74) is 2.55. The maximum absolute atomic E-state index is 12.9. The molecule has 2 aromatic carbocycles. The number of nitrogens with one attached hydrogen (secondary N) is 2. The predicted octanol–water partition coefficient (Wildman–Crippen LogP) is 2.83. The van der Waals surface area contributed by atoms with E-state index in [4.69, 9.17) is 0 Å². The van der Waals surface area contributed by atoms with Gasteiger partial charge in [-0.05, 0) is 42.9 Å². The van der Waals surface area contributed by atoms with Gasteiger partial charge in [-0.3, -0.25) is 19.2 Å².